The van der Waals surface area contributed by atoms with Crippen LogP contribution >= 0.6 is 24.8 Å². The first-order valence-corrected chi connectivity index (χ1v) is 8.69. The summed E-state index contributed by atoms with van der Waals surface area (Å²) in [6.45, 7) is 6.65. The van der Waals surface area contributed by atoms with E-state index in [0.717, 1.165) is 58.0 Å². The van der Waals surface area contributed by atoms with E-state index in [1.54, 1.807) is 0 Å². The first-order chi connectivity index (χ1) is 11.3. The van der Waals surface area contributed by atoms with Crippen molar-refractivity contribution in [1.82, 2.24) is 10.2 Å². The van der Waals surface area contributed by atoms with Crippen LogP contribution < -0.4 is 10.6 Å². The number of hydrogen-bond acceptors (Lipinski definition) is 4. The topological polar surface area (TPSA) is 53.6 Å². The van der Waals surface area contributed by atoms with E-state index in [1.807, 2.05) is 12.1 Å². The van der Waals surface area contributed by atoms with Crippen molar-refractivity contribution in [3.63, 3.8) is 0 Å². The van der Waals surface area contributed by atoms with Gasteiger partial charge in [0, 0.05) is 31.7 Å². The summed E-state index contributed by atoms with van der Waals surface area (Å²) in [5, 5.41) is 6.39. The number of nitrogens with zero attached hydrogens (tertiary/aromatic N) is 1. The van der Waals surface area contributed by atoms with Crippen molar-refractivity contribution >= 4 is 36.4 Å². The summed E-state index contributed by atoms with van der Waals surface area (Å²) >= 11 is 0. The van der Waals surface area contributed by atoms with Crippen molar-refractivity contribution in [2.75, 3.05) is 44.7 Å². The van der Waals surface area contributed by atoms with E-state index in [2.05, 4.69) is 27.7 Å². The van der Waals surface area contributed by atoms with Crippen LogP contribution in [0.5, 0.6) is 0 Å². The molecule has 1 aromatic carbocycles. The van der Waals surface area contributed by atoms with Crippen LogP contribution in [-0.2, 0) is 16.1 Å². The van der Waals surface area contributed by atoms with Crippen LogP contribution in [0.25, 0.3) is 0 Å². The predicted octanol–water partition coefficient (Wildman–Crippen LogP) is 2.69. The Balaban J connectivity index is 0.00000156. The molecule has 2 aliphatic rings. The molecular formula is C18H29Cl2N3O2. The normalized spacial score (nSPS) is 20.4. The van der Waals surface area contributed by atoms with Gasteiger partial charge >= 0.3 is 0 Å². The third-order valence-corrected chi connectivity index (χ3v) is 4.66. The number of hydrogen-bond donors (Lipinski definition) is 2. The lowest BCUT2D eigenvalue weighted by atomic mass is 10.0. The van der Waals surface area contributed by atoms with Gasteiger partial charge in [-0.15, -0.1) is 24.8 Å². The molecule has 0 aromatic heterocycles. The number of amides is 1. The van der Waals surface area contributed by atoms with E-state index in [1.165, 1.54) is 12.0 Å². The Labute approximate surface area is 162 Å². The zero-order chi connectivity index (χ0) is 15.9. The number of ether oxygens (including phenoxy) is 1. The van der Waals surface area contributed by atoms with Crippen LogP contribution in [0.2, 0.25) is 0 Å². The second-order valence-corrected chi connectivity index (χ2v) is 6.53. The largest absolute Gasteiger partial charge is 0.379 e. The molecule has 0 spiro atoms. The predicted molar refractivity (Wildman–Crippen MR) is 106 cm³/mol. The maximum Gasteiger partial charge on any atom is 0.224 e. The fourth-order valence-electron chi connectivity index (χ4n) is 3.28. The van der Waals surface area contributed by atoms with E-state index < -0.39 is 0 Å². The zero-order valence-electron chi connectivity index (χ0n) is 14.5. The van der Waals surface area contributed by atoms with Crippen LogP contribution in [0.4, 0.5) is 5.69 Å². The van der Waals surface area contributed by atoms with Crippen molar-refractivity contribution < 1.29 is 9.53 Å². The average molecular weight is 390 g/mol. The lowest BCUT2D eigenvalue weighted by Crippen LogP contribution is -2.35. The van der Waals surface area contributed by atoms with Crippen molar-refractivity contribution in [1.29, 1.82) is 0 Å². The minimum Gasteiger partial charge on any atom is -0.379 e. The van der Waals surface area contributed by atoms with Crippen molar-refractivity contribution in [3.8, 4) is 0 Å². The Morgan fingerprint density at radius 1 is 1.28 bits per heavy atom. The highest BCUT2D eigenvalue weighted by Gasteiger charge is 2.16. The van der Waals surface area contributed by atoms with E-state index in [0.29, 0.717) is 12.3 Å². The highest BCUT2D eigenvalue weighted by molar-refractivity contribution is 5.90. The first-order valence-electron chi connectivity index (χ1n) is 8.69. The molecule has 7 heteroatoms. The first kappa shape index (κ1) is 22.2. The summed E-state index contributed by atoms with van der Waals surface area (Å²) in [6, 6.07) is 8.20. The van der Waals surface area contributed by atoms with E-state index >= 15 is 0 Å². The number of anilines is 1. The van der Waals surface area contributed by atoms with E-state index in [9.17, 15) is 4.79 Å². The molecule has 0 radical (unpaired) electrons. The number of rotatable bonds is 6. The van der Waals surface area contributed by atoms with Gasteiger partial charge in [0.15, 0.2) is 0 Å². The monoisotopic (exact) mass is 389 g/mol. The van der Waals surface area contributed by atoms with Crippen molar-refractivity contribution in [2.45, 2.75) is 25.8 Å². The van der Waals surface area contributed by atoms with Gasteiger partial charge in [-0.05, 0) is 49.5 Å². The second kappa shape index (κ2) is 11.7. The van der Waals surface area contributed by atoms with E-state index in [4.69, 9.17) is 4.74 Å². The van der Waals surface area contributed by atoms with Gasteiger partial charge in [-0.25, -0.2) is 0 Å². The molecule has 0 aliphatic carbocycles. The molecule has 2 aliphatic heterocycles. The molecule has 2 heterocycles. The lowest BCUT2D eigenvalue weighted by Gasteiger charge is -2.26. The number of carbonyl (C=O) groups excluding carboxylic acids is 1. The lowest BCUT2D eigenvalue weighted by molar-refractivity contribution is -0.116. The molecule has 5 nitrogen and oxygen atoms in total. The third-order valence-electron chi connectivity index (χ3n) is 4.66. The Morgan fingerprint density at radius 2 is 2.08 bits per heavy atom. The molecule has 2 N–H and O–H groups in total. The Morgan fingerprint density at radius 3 is 2.80 bits per heavy atom. The van der Waals surface area contributed by atoms with Gasteiger partial charge in [-0.1, -0.05) is 12.1 Å². The number of carbonyl (C=O) groups is 1. The molecule has 25 heavy (non-hydrogen) atoms. The Bertz CT molecular complexity index is 519. The fourth-order valence-corrected chi connectivity index (χ4v) is 3.28. The summed E-state index contributed by atoms with van der Waals surface area (Å²) in [4.78, 5) is 14.5. The van der Waals surface area contributed by atoms with Gasteiger partial charge in [-0.2, -0.15) is 0 Å². The van der Waals surface area contributed by atoms with Gasteiger partial charge in [0.05, 0.1) is 13.2 Å². The number of halogens is 2. The van der Waals surface area contributed by atoms with Crippen molar-refractivity contribution in [3.05, 3.63) is 29.8 Å². The molecule has 2 saturated heterocycles. The zero-order valence-corrected chi connectivity index (χ0v) is 16.2. The molecule has 3 rings (SSSR count). The summed E-state index contributed by atoms with van der Waals surface area (Å²) in [7, 11) is 0. The summed E-state index contributed by atoms with van der Waals surface area (Å²) < 4.78 is 5.38. The van der Waals surface area contributed by atoms with Gasteiger partial charge in [0.25, 0.3) is 0 Å². The smallest absolute Gasteiger partial charge is 0.224 e. The minimum atomic E-state index is 0. The molecule has 1 atom stereocenters. The van der Waals surface area contributed by atoms with E-state index in [-0.39, 0.29) is 30.7 Å². The van der Waals surface area contributed by atoms with Crippen LogP contribution in [0, 0.1) is 5.92 Å². The quantitative estimate of drug-likeness (QED) is 0.784. The molecule has 142 valence electrons. The number of nitrogens with one attached hydrogen (secondary N) is 2. The second-order valence-electron chi connectivity index (χ2n) is 6.53. The van der Waals surface area contributed by atoms with Gasteiger partial charge in [0.1, 0.15) is 0 Å². The molecule has 2 fully saturated rings. The van der Waals surface area contributed by atoms with Gasteiger partial charge in [0.2, 0.25) is 5.91 Å². The number of morpholine rings is 1. The molecular weight excluding hydrogens is 361 g/mol. The summed E-state index contributed by atoms with van der Waals surface area (Å²) in [6.07, 6.45) is 2.79. The highest BCUT2D eigenvalue weighted by atomic mass is 35.5. The minimum absolute atomic E-state index is 0. The molecule has 1 unspecified atom stereocenters. The molecule has 0 bridgehead atoms. The molecule has 1 aromatic rings. The SMILES string of the molecule is Cl.Cl.O=C(CCC1CCNC1)Nc1cccc(CN2CCOCC2)c1. The maximum absolute atomic E-state index is 12.1. The molecule has 0 saturated carbocycles. The Hall–Kier alpha value is -0.850. The van der Waals surface area contributed by atoms with Gasteiger partial charge < -0.3 is 15.4 Å². The van der Waals surface area contributed by atoms with Crippen molar-refractivity contribution in [2.24, 2.45) is 5.92 Å². The average Bonchev–Trinajstić information content (AvgIpc) is 3.08. The molecule has 1 amide bonds. The van der Waals surface area contributed by atoms with Crippen LogP contribution in [0.3, 0.4) is 0 Å². The van der Waals surface area contributed by atoms with Crippen LogP contribution in [0.15, 0.2) is 24.3 Å². The Kier molecular flexibility index (Phi) is 10.4. The fraction of sp³-hybridized carbons (Fsp3) is 0.611. The highest BCUT2D eigenvalue weighted by Crippen LogP contribution is 2.17. The van der Waals surface area contributed by atoms with Crippen LogP contribution in [-0.4, -0.2) is 50.2 Å². The summed E-state index contributed by atoms with van der Waals surface area (Å²) in [5.41, 5.74) is 2.15. The summed E-state index contributed by atoms with van der Waals surface area (Å²) in [5.74, 6) is 0.786. The van der Waals surface area contributed by atoms with Crippen LogP contribution in [0.1, 0.15) is 24.8 Å². The number of benzene rings is 1. The maximum atomic E-state index is 12.1. The van der Waals surface area contributed by atoms with Gasteiger partial charge in [-0.3, -0.25) is 9.69 Å². The standard InChI is InChI=1S/C18H27N3O2.2ClH/c22-18(5-4-15-6-7-19-13-15)20-17-3-1-2-16(12-17)14-21-8-10-23-11-9-21;;/h1-3,12,15,19H,4-11,13-14H2,(H,20,22);2*1H. The third kappa shape index (κ3) is 7.50.